The van der Waals surface area contributed by atoms with Crippen molar-refractivity contribution in [3.8, 4) is 34.3 Å². The van der Waals surface area contributed by atoms with Gasteiger partial charge in [0, 0.05) is 48.9 Å². The van der Waals surface area contributed by atoms with Crippen LogP contribution in [0.4, 0.5) is 0 Å². The number of pyridine rings is 1. The molecule has 0 bridgehead atoms. The number of ether oxygens (including phenoxy) is 5. The van der Waals surface area contributed by atoms with Crippen LogP contribution < -0.4 is 18.9 Å². The summed E-state index contributed by atoms with van der Waals surface area (Å²) >= 11 is 0. The Labute approximate surface area is 174 Å². The van der Waals surface area contributed by atoms with E-state index >= 15 is 0 Å². The summed E-state index contributed by atoms with van der Waals surface area (Å²) in [6, 6.07) is 4.98. The van der Waals surface area contributed by atoms with Gasteiger partial charge in [0.1, 0.15) is 11.5 Å². The SMILES string of the molecule is CCC(=O)Oc1ncc(CO)c(-c2ccc(OC)cc2OCOC)c1OC(=O)CC. The van der Waals surface area contributed by atoms with Gasteiger partial charge in [0.2, 0.25) is 5.75 Å². The Morgan fingerprint density at radius 2 is 1.77 bits per heavy atom. The van der Waals surface area contributed by atoms with E-state index in [1.165, 1.54) is 20.4 Å². The first-order valence-corrected chi connectivity index (χ1v) is 9.33. The first-order chi connectivity index (χ1) is 14.5. The maximum Gasteiger partial charge on any atom is 0.312 e. The zero-order valence-corrected chi connectivity index (χ0v) is 17.4. The van der Waals surface area contributed by atoms with Crippen LogP contribution in [0.2, 0.25) is 0 Å². The maximum absolute atomic E-state index is 12.1. The quantitative estimate of drug-likeness (QED) is 0.459. The minimum Gasteiger partial charge on any atom is -0.497 e. The lowest BCUT2D eigenvalue weighted by Gasteiger charge is -2.19. The predicted molar refractivity (Wildman–Crippen MR) is 107 cm³/mol. The molecule has 0 atom stereocenters. The number of benzene rings is 1. The maximum atomic E-state index is 12.1. The molecular formula is C21H25NO8. The van der Waals surface area contributed by atoms with Crippen molar-refractivity contribution in [3.05, 3.63) is 30.0 Å². The topological polar surface area (TPSA) is 113 Å². The van der Waals surface area contributed by atoms with E-state index in [0.717, 1.165) is 0 Å². The Hall–Kier alpha value is -3.17. The Bertz CT molecular complexity index is 897. The van der Waals surface area contributed by atoms with Crippen LogP contribution in [0.25, 0.3) is 11.1 Å². The van der Waals surface area contributed by atoms with E-state index in [2.05, 4.69) is 4.98 Å². The van der Waals surface area contributed by atoms with Crippen molar-refractivity contribution >= 4 is 11.9 Å². The van der Waals surface area contributed by atoms with Gasteiger partial charge in [-0.25, -0.2) is 4.98 Å². The smallest absolute Gasteiger partial charge is 0.312 e. The minimum atomic E-state index is -0.560. The molecule has 0 fully saturated rings. The number of hydrogen-bond donors (Lipinski definition) is 1. The molecule has 1 aromatic heterocycles. The van der Waals surface area contributed by atoms with Crippen molar-refractivity contribution in [2.24, 2.45) is 0 Å². The van der Waals surface area contributed by atoms with Gasteiger partial charge in [0.15, 0.2) is 6.79 Å². The van der Waals surface area contributed by atoms with Crippen LogP contribution in [0.15, 0.2) is 24.4 Å². The number of esters is 2. The van der Waals surface area contributed by atoms with Crippen LogP contribution in [-0.4, -0.2) is 43.0 Å². The fraction of sp³-hybridized carbons (Fsp3) is 0.381. The fourth-order valence-corrected chi connectivity index (χ4v) is 2.54. The lowest BCUT2D eigenvalue weighted by Crippen LogP contribution is -2.13. The average molecular weight is 419 g/mol. The second-order valence-electron chi connectivity index (χ2n) is 6.02. The number of hydrogen-bond acceptors (Lipinski definition) is 9. The minimum absolute atomic E-state index is 0.0541. The van der Waals surface area contributed by atoms with Crippen molar-refractivity contribution in [1.82, 2.24) is 4.98 Å². The van der Waals surface area contributed by atoms with Gasteiger partial charge in [-0.1, -0.05) is 13.8 Å². The molecule has 1 aromatic carbocycles. The molecule has 1 heterocycles. The van der Waals surface area contributed by atoms with E-state index in [1.54, 1.807) is 32.0 Å². The van der Waals surface area contributed by atoms with Gasteiger partial charge in [-0.15, -0.1) is 0 Å². The lowest BCUT2D eigenvalue weighted by atomic mass is 9.99. The molecule has 0 spiro atoms. The van der Waals surface area contributed by atoms with Crippen LogP contribution >= 0.6 is 0 Å². The zero-order valence-electron chi connectivity index (χ0n) is 17.4. The molecule has 0 amide bonds. The summed E-state index contributed by atoms with van der Waals surface area (Å²) < 4.78 is 26.6. The van der Waals surface area contributed by atoms with E-state index < -0.39 is 18.5 Å². The third kappa shape index (κ3) is 5.46. The second-order valence-corrected chi connectivity index (χ2v) is 6.02. The van der Waals surface area contributed by atoms with E-state index in [1.807, 2.05) is 0 Å². The lowest BCUT2D eigenvalue weighted by molar-refractivity contribution is -0.137. The number of aliphatic hydroxyl groups excluding tert-OH is 1. The van der Waals surface area contributed by atoms with Gasteiger partial charge < -0.3 is 28.8 Å². The van der Waals surface area contributed by atoms with Crippen LogP contribution in [0.1, 0.15) is 32.3 Å². The van der Waals surface area contributed by atoms with E-state index in [0.29, 0.717) is 28.2 Å². The monoisotopic (exact) mass is 419 g/mol. The van der Waals surface area contributed by atoms with Gasteiger partial charge in [-0.3, -0.25) is 9.59 Å². The van der Waals surface area contributed by atoms with Gasteiger partial charge >= 0.3 is 11.9 Å². The molecule has 0 unspecified atom stereocenters. The predicted octanol–water partition coefficient (Wildman–Crippen LogP) is 2.86. The summed E-state index contributed by atoms with van der Waals surface area (Å²) in [5.74, 6) is -0.501. The number of rotatable bonds is 10. The zero-order chi connectivity index (χ0) is 22.1. The molecule has 1 N–H and O–H groups in total. The van der Waals surface area contributed by atoms with Crippen molar-refractivity contribution in [2.75, 3.05) is 21.0 Å². The van der Waals surface area contributed by atoms with Gasteiger partial charge in [-0.05, 0) is 12.1 Å². The molecule has 0 saturated heterocycles. The molecule has 0 aliphatic rings. The van der Waals surface area contributed by atoms with Crippen LogP contribution in [0.3, 0.4) is 0 Å². The van der Waals surface area contributed by atoms with E-state index in [9.17, 15) is 14.7 Å². The standard InChI is InChI=1S/C21H25NO8/c1-5-17(24)29-20-19(13(11-23)10-22-21(20)30-18(25)6-2)15-8-7-14(27-4)9-16(15)28-12-26-3/h7-10,23H,5-6,11-12H2,1-4H3. The molecular weight excluding hydrogens is 394 g/mol. The fourth-order valence-electron chi connectivity index (χ4n) is 2.54. The highest BCUT2D eigenvalue weighted by Crippen LogP contribution is 2.44. The van der Waals surface area contributed by atoms with Crippen LogP contribution in [-0.2, 0) is 20.9 Å². The summed E-state index contributed by atoms with van der Waals surface area (Å²) in [6.07, 6.45) is 1.53. The largest absolute Gasteiger partial charge is 0.497 e. The summed E-state index contributed by atoms with van der Waals surface area (Å²) in [5.41, 5.74) is 1.12. The number of carbonyl (C=O) groups excluding carboxylic acids is 2. The van der Waals surface area contributed by atoms with Crippen molar-refractivity contribution in [2.45, 2.75) is 33.3 Å². The highest BCUT2D eigenvalue weighted by molar-refractivity contribution is 5.85. The van der Waals surface area contributed by atoms with Crippen LogP contribution in [0, 0.1) is 0 Å². The Morgan fingerprint density at radius 1 is 1.07 bits per heavy atom. The summed E-state index contributed by atoms with van der Waals surface area (Å²) in [4.78, 5) is 28.0. The highest BCUT2D eigenvalue weighted by atomic mass is 16.7. The Balaban J connectivity index is 2.76. The molecule has 0 aliphatic heterocycles. The second kappa shape index (κ2) is 11.1. The van der Waals surface area contributed by atoms with Gasteiger partial charge in [0.25, 0.3) is 5.88 Å². The number of aromatic nitrogens is 1. The Morgan fingerprint density at radius 3 is 2.37 bits per heavy atom. The van der Waals surface area contributed by atoms with E-state index in [-0.39, 0.29) is 31.3 Å². The molecule has 0 saturated carbocycles. The van der Waals surface area contributed by atoms with Gasteiger partial charge in [-0.2, -0.15) is 0 Å². The third-order valence-corrected chi connectivity index (χ3v) is 4.04. The summed E-state index contributed by atoms with van der Waals surface area (Å²) in [6.45, 7) is 2.80. The summed E-state index contributed by atoms with van der Waals surface area (Å²) in [7, 11) is 2.99. The molecule has 2 rings (SSSR count). The highest BCUT2D eigenvalue weighted by Gasteiger charge is 2.25. The molecule has 0 radical (unpaired) electrons. The number of nitrogens with zero attached hydrogens (tertiary/aromatic N) is 1. The van der Waals surface area contributed by atoms with Crippen molar-refractivity contribution in [3.63, 3.8) is 0 Å². The molecule has 0 aliphatic carbocycles. The third-order valence-electron chi connectivity index (χ3n) is 4.04. The first-order valence-electron chi connectivity index (χ1n) is 9.33. The van der Waals surface area contributed by atoms with Gasteiger partial charge in [0.05, 0.1) is 13.7 Å². The number of methoxy groups -OCH3 is 2. The molecule has 2 aromatic rings. The number of aliphatic hydroxyl groups is 1. The van der Waals surface area contributed by atoms with Crippen molar-refractivity contribution < 1.29 is 38.4 Å². The Kier molecular flexibility index (Phi) is 8.57. The molecule has 9 nitrogen and oxygen atoms in total. The number of carbonyl (C=O) groups is 2. The molecule has 9 heteroatoms. The van der Waals surface area contributed by atoms with Crippen molar-refractivity contribution in [1.29, 1.82) is 0 Å². The normalized spacial score (nSPS) is 10.4. The van der Waals surface area contributed by atoms with E-state index in [4.69, 9.17) is 23.7 Å². The van der Waals surface area contributed by atoms with Crippen LogP contribution in [0.5, 0.6) is 23.1 Å². The summed E-state index contributed by atoms with van der Waals surface area (Å²) in [5, 5.41) is 9.90. The molecule has 162 valence electrons. The first kappa shape index (κ1) is 23.1. The molecule has 30 heavy (non-hydrogen) atoms. The average Bonchev–Trinajstić information content (AvgIpc) is 2.78.